The lowest BCUT2D eigenvalue weighted by Crippen LogP contribution is -2.24. The maximum absolute atomic E-state index is 12.0. The second-order valence-electron chi connectivity index (χ2n) is 5.56. The number of carbonyl (C=O) groups is 1. The van der Waals surface area contributed by atoms with Crippen LogP contribution in [0.1, 0.15) is 30.5 Å². The number of hydrogen-bond donors (Lipinski definition) is 1. The highest BCUT2D eigenvalue weighted by atomic mass is 35.5. The molecule has 6 heteroatoms. The van der Waals surface area contributed by atoms with Gasteiger partial charge in [0.15, 0.2) is 0 Å². The smallest absolute Gasteiger partial charge is 0.240 e. The number of hydrogen-bond acceptors (Lipinski definition) is 4. The quantitative estimate of drug-likeness (QED) is 0.922. The molecule has 3 rings (SSSR count). The van der Waals surface area contributed by atoms with Crippen LogP contribution in [0.15, 0.2) is 47.6 Å². The average Bonchev–Trinajstić information content (AvgIpc) is 3.02. The molecule has 1 N–H and O–H groups in total. The predicted octanol–water partition coefficient (Wildman–Crippen LogP) is 3.75. The number of rotatable bonds is 3. The minimum absolute atomic E-state index is 0.0945. The van der Waals surface area contributed by atoms with Gasteiger partial charge in [0.25, 0.3) is 0 Å². The Morgan fingerprint density at radius 3 is 2.62 bits per heavy atom. The number of methoxy groups -OCH3 is 1. The summed E-state index contributed by atoms with van der Waals surface area (Å²) in [5.41, 5.74) is 2.13. The number of hydrazone groups is 1. The minimum Gasteiger partial charge on any atom is -0.507 e. The van der Waals surface area contributed by atoms with Crippen LogP contribution in [0.2, 0.25) is 5.02 Å². The van der Waals surface area contributed by atoms with E-state index in [9.17, 15) is 9.90 Å². The molecule has 2 aromatic rings. The first kappa shape index (κ1) is 16.3. The van der Waals surface area contributed by atoms with Crippen LogP contribution < -0.4 is 4.74 Å². The second-order valence-corrected chi connectivity index (χ2v) is 6.00. The van der Waals surface area contributed by atoms with Crippen LogP contribution in [0.4, 0.5) is 0 Å². The number of carbonyl (C=O) groups excluding carboxylic acids is 1. The number of aromatic hydroxyl groups is 1. The van der Waals surface area contributed by atoms with Gasteiger partial charge in [-0.2, -0.15) is 5.10 Å². The zero-order valence-electron chi connectivity index (χ0n) is 13.4. The number of ether oxygens (including phenoxy) is 1. The zero-order valence-corrected chi connectivity index (χ0v) is 14.1. The molecule has 1 aliphatic heterocycles. The Morgan fingerprint density at radius 2 is 2.00 bits per heavy atom. The Bertz CT molecular complexity index is 802. The largest absolute Gasteiger partial charge is 0.507 e. The highest BCUT2D eigenvalue weighted by Gasteiger charge is 2.32. The van der Waals surface area contributed by atoms with Crippen LogP contribution in [0.3, 0.4) is 0 Å². The first-order valence-electron chi connectivity index (χ1n) is 7.49. The van der Waals surface area contributed by atoms with Gasteiger partial charge in [0.2, 0.25) is 5.91 Å². The molecule has 5 nitrogen and oxygen atoms in total. The van der Waals surface area contributed by atoms with Gasteiger partial charge in [-0.3, -0.25) is 4.79 Å². The molecule has 0 spiro atoms. The van der Waals surface area contributed by atoms with Crippen molar-refractivity contribution in [3.63, 3.8) is 0 Å². The highest BCUT2D eigenvalue weighted by Crippen LogP contribution is 2.36. The standard InChI is InChI=1S/C18H17ClN2O3/c1-11(22)21-17(12-3-6-14(24-2)7-4-12)10-16(20-21)15-9-13(19)5-8-18(15)23/h3-9,17,23H,10H2,1-2H3. The third kappa shape index (κ3) is 3.08. The van der Waals surface area contributed by atoms with Crippen molar-refractivity contribution in [2.45, 2.75) is 19.4 Å². The highest BCUT2D eigenvalue weighted by molar-refractivity contribution is 6.31. The Balaban J connectivity index is 1.96. The SMILES string of the molecule is COc1ccc(C2CC(c3cc(Cl)ccc3O)=NN2C(C)=O)cc1. The van der Waals surface area contributed by atoms with Gasteiger partial charge in [-0.05, 0) is 35.9 Å². The van der Waals surface area contributed by atoms with Crippen LogP contribution in [0.5, 0.6) is 11.5 Å². The van der Waals surface area contributed by atoms with Crippen molar-refractivity contribution >= 4 is 23.2 Å². The van der Waals surface area contributed by atoms with Gasteiger partial charge >= 0.3 is 0 Å². The first-order chi connectivity index (χ1) is 11.5. The predicted molar refractivity (Wildman–Crippen MR) is 92.5 cm³/mol. The van der Waals surface area contributed by atoms with Crippen molar-refractivity contribution in [1.82, 2.24) is 5.01 Å². The van der Waals surface area contributed by atoms with Crippen LogP contribution in [-0.4, -0.2) is 28.8 Å². The van der Waals surface area contributed by atoms with E-state index >= 15 is 0 Å². The summed E-state index contributed by atoms with van der Waals surface area (Å²) in [5.74, 6) is 0.684. The van der Waals surface area contributed by atoms with Gasteiger partial charge in [0.1, 0.15) is 11.5 Å². The zero-order chi connectivity index (χ0) is 17.3. The number of benzene rings is 2. The fraction of sp³-hybridized carbons (Fsp3) is 0.222. The van der Waals surface area contributed by atoms with Crippen LogP contribution in [0.25, 0.3) is 0 Å². The fourth-order valence-electron chi connectivity index (χ4n) is 2.79. The summed E-state index contributed by atoms with van der Waals surface area (Å²) in [6, 6.07) is 12.1. The molecule has 2 aromatic carbocycles. The normalized spacial score (nSPS) is 16.9. The molecule has 24 heavy (non-hydrogen) atoms. The summed E-state index contributed by atoms with van der Waals surface area (Å²) in [4.78, 5) is 12.0. The monoisotopic (exact) mass is 344 g/mol. The van der Waals surface area contributed by atoms with E-state index in [1.54, 1.807) is 19.2 Å². The summed E-state index contributed by atoms with van der Waals surface area (Å²) >= 11 is 6.02. The molecule has 0 aliphatic carbocycles. The summed E-state index contributed by atoms with van der Waals surface area (Å²) in [7, 11) is 1.61. The molecule has 1 aliphatic rings. The average molecular weight is 345 g/mol. The van der Waals surface area contributed by atoms with Gasteiger partial charge in [-0.1, -0.05) is 23.7 Å². The minimum atomic E-state index is -0.221. The van der Waals surface area contributed by atoms with Gasteiger partial charge in [0.05, 0.1) is 18.9 Å². The van der Waals surface area contributed by atoms with Gasteiger partial charge in [-0.25, -0.2) is 5.01 Å². The molecule has 1 heterocycles. The summed E-state index contributed by atoms with van der Waals surface area (Å²) in [6.07, 6.45) is 0.500. The van der Waals surface area contributed by atoms with Gasteiger partial charge in [0, 0.05) is 23.9 Å². The molecule has 0 aromatic heterocycles. The Morgan fingerprint density at radius 1 is 1.29 bits per heavy atom. The lowest BCUT2D eigenvalue weighted by Gasteiger charge is -2.20. The van der Waals surface area contributed by atoms with E-state index in [4.69, 9.17) is 16.3 Å². The number of amides is 1. The van der Waals surface area contributed by atoms with Crippen molar-refractivity contribution < 1.29 is 14.6 Å². The van der Waals surface area contributed by atoms with Crippen LogP contribution >= 0.6 is 11.6 Å². The van der Waals surface area contributed by atoms with Crippen molar-refractivity contribution in [2.75, 3.05) is 7.11 Å². The third-order valence-corrected chi connectivity index (χ3v) is 4.24. The number of phenols is 1. The molecule has 1 unspecified atom stereocenters. The lowest BCUT2D eigenvalue weighted by atomic mass is 9.98. The Labute approximate surface area is 145 Å². The number of phenolic OH excluding ortho intramolecular Hbond substituents is 1. The van der Waals surface area contributed by atoms with E-state index in [0.29, 0.717) is 22.7 Å². The van der Waals surface area contributed by atoms with Crippen molar-refractivity contribution in [3.05, 3.63) is 58.6 Å². The second kappa shape index (κ2) is 6.53. The summed E-state index contributed by atoms with van der Waals surface area (Å²) in [6.45, 7) is 1.47. The van der Waals surface area contributed by atoms with Gasteiger partial charge in [-0.15, -0.1) is 0 Å². The van der Waals surface area contributed by atoms with Crippen molar-refractivity contribution in [2.24, 2.45) is 5.10 Å². The number of nitrogens with zero attached hydrogens (tertiary/aromatic N) is 2. The van der Waals surface area contributed by atoms with E-state index in [0.717, 1.165) is 11.3 Å². The van der Waals surface area contributed by atoms with Gasteiger partial charge < -0.3 is 9.84 Å². The summed E-state index contributed by atoms with van der Waals surface area (Å²) in [5, 5.41) is 16.4. The molecular weight excluding hydrogens is 328 g/mol. The van der Waals surface area contributed by atoms with Crippen LogP contribution in [-0.2, 0) is 4.79 Å². The number of halogens is 1. The molecule has 0 saturated carbocycles. The molecule has 124 valence electrons. The van der Waals surface area contributed by atoms with E-state index < -0.39 is 0 Å². The first-order valence-corrected chi connectivity index (χ1v) is 7.87. The Kier molecular flexibility index (Phi) is 4.44. The molecule has 0 radical (unpaired) electrons. The fourth-order valence-corrected chi connectivity index (χ4v) is 2.96. The molecule has 0 bridgehead atoms. The van der Waals surface area contributed by atoms with Crippen molar-refractivity contribution in [3.8, 4) is 11.5 Å². The molecule has 1 amide bonds. The molecular formula is C18H17ClN2O3. The van der Waals surface area contributed by atoms with E-state index in [2.05, 4.69) is 5.10 Å². The van der Waals surface area contributed by atoms with E-state index in [1.165, 1.54) is 18.0 Å². The lowest BCUT2D eigenvalue weighted by molar-refractivity contribution is -0.130. The van der Waals surface area contributed by atoms with E-state index in [1.807, 2.05) is 24.3 Å². The third-order valence-electron chi connectivity index (χ3n) is 4.00. The maximum Gasteiger partial charge on any atom is 0.240 e. The summed E-state index contributed by atoms with van der Waals surface area (Å²) < 4.78 is 5.17. The molecule has 0 saturated heterocycles. The van der Waals surface area contributed by atoms with E-state index in [-0.39, 0.29) is 17.7 Å². The Hall–Kier alpha value is -2.53. The topological polar surface area (TPSA) is 62.1 Å². The molecule has 1 atom stereocenters. The molecule has 0 fully saturated rings. The van der Waals surface area contributed by atoms with Crippen molar-refractivity contribution in [1.29, 1.82) is 0 Å². The maximum atomic E-state index is 12.0. The van der Waals surface area contributed by atoms with Crippen LogP contribution in [0, 0.1) is 0 Å².